The van der Waals surface area contributed by atoms with Crippen molar-refractivity contribution in [3.63, 3.8) is 0 Å². The summed E-state index contributed by atoms with van der Waals surface area (Å²) in [5, 5.41) is 9.40. The fraction of sp³-hybridized carbons (Fsp3) is 0.190. The van der Waals surface area contributed by atoms with Crippen molar-refractivity contribution in [2.75, 3.05) is 0 Å². The Kier molecular flexibility index (Phi) is 4.52. The van der Waals surface area contributed by atoms with E-state index in [2.05, 4.69) is 23.6 Å². The van der Waals surface area contributed by atoms with E-state index in [-0.39, 0.29) is 6.42 Å². The molecule has 0 bridgehead atoms. The number of hydrogen-bond donors (Lipinski definition) is 1. The molecule has 1 N–H and O–H groups in total. The first-order valence-corrected chi connectivity index (χ1v) is 8.18. The fourth-order valence-corrected chi connectivity index (χ4v) is 3.36. The van der Waals surface area contributed by atoms with Gasteiger partial charge in [0.15, 0.2) is 0 Å². The molecule has 0 fully saturated rings. The van der Waals surface area contributed by atoms with E-state index in [1.165, 1.54) is 0 Å². The van der Waals surface area contributed by atoms with Gasteiger partial charge in [-0.1, -0.05) is 60.7 Å². The molecular formula is C21H21NO2. The number of aliphatic carboxylic acids is 1. The molecule has 0 aliphatic carbocycles. The van der Waals surface area contributed by atoms with E-state index in [4.69, 9.17) is 0 Å². The van der Waals surface area contributed by atoms with Gasteiger partial charge in [-0.3, -0.25) is 4.79 Å². The summed E-state index contributed by atoms with van der Waals surface area (Å²) in [5.41, 5.74) is 6.22. The molecule has 0 unspecified atom stereocenters. The average Bonchev–Trinajstić information content (AvgIpc) is 2.88. The molecule has 1 aromatic heterocycles. The first-order chi connectivity index (χ1) is 11.6. The van der Waals surface area contributed by atoms with Gasteiger partial charge in [0, 0.05) is 17.8 Å². The minimum Gasteiger partial charge on any atom is -0.481 e. The maximum Gasteiger partial charge on any atom is 0.307 e. The van der Waals surface area contributed by atoms with Crippen LogP contribution in [0.25, 0.3) is 22.4 Å². The second-order valence-electron chi connectivity index (χ2n) is 5.83. The van der Waals surface area contributed by atoms with E-state index in [0.717, 1.165) is 40.2 Å². The number of carboxylic acids is 1. The number of aromatic nitrogens is 1. The lowest BCUT2D eigenvalue weighted by atomic mass is 9.95. The van der Waals surface area contributed by atoms with Crippen LogP contribution in [0, 0.1) is 6.92 Å². The SMILES string of the molecule is CCn1c(C)c(CC(=O)O)c(-c2ccccc2)c1-c1ccccc1. The molecule has 3 aromatic rings. The van der Waals surface area contributed by atoms with E-state index < -0.39 is 5.97 Å². The highest BCUT2D eigenvalue weighted by Crippen LogP contribution is 2.39. The minimum atomic E-state index is -0.803. The maximum atomic E-state index is 11.4. The van der Waals surface area contributed by atoms with Gasteiger partial charge in [0.05, 0.1) is 12.1 Å². The molecule has 122 valence electrons. The van der Waals surface area contributed by atoms with Gasteiger partial charge in [0.2, 0.25) is 0 Å². The lowest BCUT2D eigenvalue weighted by Crippen LogP contribution is -2.03. The van der Waals surface area contributed by atoms with E-state index in [0.29, 0.717) is 0 Å². The highest BCUT2D eigenvalue weighted by molar-refractivity contribution is 5.88. The van der Waals surface area contributed by atoms with Gasteiger partial charge in [-0.2, -0.15) is 0 Å². The van der Waals surface area contributed by atoms with Crippen molar-refractivity contribution in [2.24, 2.45) is 0 Å². The van der Waals surface area contributed by atoms with Gasteiger partial charge < -0.3 is 9.67 Å². The number of carboxylic acid groups (broad SMARTS) is 1. The number of rotatable bonds is 5. The van der Waals surface area contributed by atoms with Crippen LogP contribution in [0.1, 0.15) is 18.2 Å². The van der Waals surface area contributed by atoms with Crippen molar-refractivity contribution in [3.05, 3.63) is 71.9 Å². The highest BCUT2D eigenvalue weighted by atomic mass is 16.4. The Morgan fingerprint density at radius 1 is 0.958 bits per heavy atom. The smallest absolute Gasteiger partial charge is 0.307 e. The van der Waals surface area contributed by atoms with Crippen molar-refractivity contribution < 1.29 is 9.90 Å². The monoisotopic (exact) mass is 319 g/mol. The normalized spacial score (nSPS) is 10.8. The molecule has 0 spiro atoms. The Labute approximate surface area is 142 Å². The van der Waals surface area contributed by atoms with Gasteiger partial charge in [-0.25, -0.2) is 0 Å². The lowest BCUT2D eigenvalue weighted by molar-refractivity contribution is -0.136. The fourth-order valence-electron chi connectivity index (χ4n) is 3.36. The van der Waals surface area contributed by atoms with Crippen LogP contribution in [0.3, 0.4) is 0 Å². The molecule has 3 nitrogen and oxygen atoms in total. The van der Waals surface area contributed by atoms with Crippen LogP contribution >= 0.6 is 0 Å². The number of hydrogen-bond acceptors (Lipinski definition) is 1. The van der Waals surface area contributed by atoms with Crippen LogP contribution < -0.4 is 0 Å². The Hall–Kier alpha value is -2.81. The summed E-state index contributed by atoms with van der Waals surface area (Å²) >= 11 is 0. The third-order valence-electron chi connectivity index (χ3n) is 4.40. The largest absolute Gasteiger partial charge is 0.481 e. The molecule has 0 radical (unpaired) electrons. The Balaban J connectivity index is 2.36. The van der Waals surface area contributed by atoms with Crippen molar-refractivity contribution in [2.45, 2.75) is 26.8 Å². The summed E-state index contributed by atoms with van der Waals surface area (Å²) in [6.45, 7) is 4.91. The first kappa shape index (κ1) is 16.1. The Morgan fingerprint density at radius 2 is 1.50 bits per heavy atom. The van der Waals surface area contributed by atoms with Crippen LogP contribution in [-0.4, -0.2) is 15.6 Å². The third kappa shape index (κ3) is 2.85. The summed E-state index contributed by atoms with van der Waals surface area (Å²) in [7, 11) is 0. The summed E-state index contributed by atoms with van der Waals surface area (Å²) in [4.78, 5) is 11.4. The van der Waals surface area contributed by atoms with Crippen molar-refractivity contribution >= 4 is 5.97 Å². The van der Waals surface area contributed by atoms with Crippen LogP contribution in [0.2, 0.25) is 0 Å². The van der Waals surface area contributed by atoms with Crippen LogP contribution in [-0.2, 0) is 17.8 Å². The molecular weight excluding hydrogens is 298 g/mol. The minimum absolute atomic E-state index is 0.0306. The summed E-state index contributed by atoms with van der Waals surface area (Å²) in [6, 6.07) is 20.3. The molecule has 1 heterocycles. The summed E-state index contributed by atoms with van der Waals surface area (Å²) in [6.07, 6.45) is 0.0306. The topological polar surface area (TPSA) is 42.2 Å². The zero-order valence-corrected chi connectivity index (χ0v) is 14.0. The van der Waals surface area contributed by atoms with Gasteiger partial charge in [-0.15, -0.1) is 0 Å². The van der Waals surface area contributed by atoms with Crippen LogP contribution in [0.15, 0.2) is 60.7 Å². The van der Waals surface area contributed by atoms with Gasteiger partial charge in [0.1, 0.15) is 0 Å². The molecule has 24 heavy (non-hydrogen) atoms. The third-order valence-corrected chi connectivity index (χ3v) is 4.40. The van der Waals surface area contributed by atoms with E-state index in [9.17, 15) is 9.90 Å². The second-order valence-corrected chi connectivity index (χ2v) is 5.83. The van der Waals surface area contributed by atoms with Crippen molar-refractivity contribution in [1.29, 1.82) is 0 Å². The standard InChI is InChI=1S/C21H21NO2/c1-3-22-15(2)18(14-19(23)24)20(16-10-6-4-7-11-16)21(22)17-12-8-5-9-13-17/h4-13H,3,14H2,1-2H3,(H,23,24). The zero-order valence-electron chi connectivity index (χ0n) is 14.0. The van der Waals surface area contributed by atoms with E-state index in [1.54, 1.807) is 0 Å². The van der Waals surface area contributed by atoms with Crippen LogP contribution in [0.4, 0.5) is 0 Å². The summed E-state index contributed by atoms with van der Waals surface area (Å²) < 4.78 is 2.22. The van der Waals surface area contributed by atoms with Gasteiger partial charge in [0.25, 0.3) is 0 Å². The Morgan fingerprint density at radius 3 is 2.00 bits per heavy atom. The summed E-state index contributed by atoms with van der Waals surface area (Å²) in [5.74, 6) is -0.803. The second kappa shape index (κ2) is 6.75. The maximum absolute atomic E-state index is 11.4. The number of nitrogens with zero attached hydrogens (tertiary/aromatic N) is 1. The highest BCUT2D eigenvalue weighted by Gasteiger charge is 2.23. The molecule has 0 aliphatic heterocycles. The van der Waals surface area contributed by atoms with Crippen molar-refractivity contribution in [3.8, 4) is 22.4 Å². The molecule has 0 amide bonds. The van der Waals surface area contributed by atoms with Crippen molar-refractivity contribution in [1.82, 2.24) is 4.57 Å². The van der Waals surface area contributed by atoms with Gasteiger partial charge >= 0.3 is 5.97 Å². The predicted octanol–water partition coefficient (Wildman–Crippen LogP) is 4.78. The Bertz CT molecular complexity index is 849. The zero-order chi connectivity index (χ0) is 17.1. The average molecular weight is 319 g/mol. The molecule has 0 saturated heterocycles. The van der Waals surface area contributed by atoms with Crippen LogP contribution in [0.5, 0.6) is 0 Å². The number of carbonyl (C=O) groups is 1. The van der Waals surface area contributed by atoms with E-state index in [1.807, 2.05) is 55.5 Å². The first-order valence-electron chi connectivity index (χ1n) is 8.18. The van der Waals surface area contributed by atoms with Gasteiger partial charge in [-0.05, 0) is 30.5 Å². The molecule has 2 aromatic carbocycles. The lowest BCUT2D eigenvalue weighted by Gasteiger charge is -2.11. The number of benzene rings is 2. The molecule has 0 aliphatic rings. The quantitative estimate of drug-likeness (QED) is 0.735. The molecule has 3 heteroatoms. The predicted molar refractivity (Wildman–Crippen MR) is 97.1 cm³/mol. The van der Waals surface area contributed by atoms with E-state index >= 15 is 0 Å². The molecule has 3 rings (SSSR count). The molecule has 0 saturated carbocycles. The molecule has 0 atom stereocenters.